The van der Waals surface area contributed by atoms with E-state index in [2.05, 4.69) is 4.74 Å². The second kappa shape index (κ2) is 8.71. The lowest BCUT2D eigenvalue weighted by molar-refractivity contribution is -0.274. The van der Waals surface area contributed by atoms with E-state index in [4.69, 9.17) is 21.4 Å². The first kappa shape index (κ1) is 22.0. The van der Waals surface area contributed by atoms with Gasteiger partial charge in [-0.1, -0.05) is 36.1 Å². The lowest BCUT2D eigenvalue weighted by Crippen LogP contribution is -2.27. The number of ether oxygens (including phenoxy) is 2. The van der Waals surface area contributed by atoms with Crippen molar-refractivity contribution >= 4 is 46.0 Å². The fourth-order valence-corrected chi connectivity index (χ4v) is 4.29. The molecule has 0 atom stereocenters. The van der Waals surface area contributed by atoms with Gasteiger partial charge in [0.15, 0.2) is 4.32 Å². The van der Waals surface area contributed by atoms with Crippen LogP contribution in [0.4, 0.5) is 18.9 Å². The Morgan fingerprint density at radius 2 is 1.78 bits per heavy atom. The molecule has 0 radical (unpaired) electrons. The monoisotopic (exact) mass is 477 g/mol. The van der Waals surface area contributed by atoms with Gasteiger partial charge in [0.1, 0.15) is 23.0 Å². The Morgan fingerprint density at radius 1 is 1.06 bits per heavy atom. The third-order valence-electron chi connectivity index (χ3n) is 4.39. The number of carbonyl (C=O) groups is 1. The van der Waals surface area contributed by atoms with E-state index >= 15 is 0 Å². The zero-order valence-corrected chi connectivity index (χ0v) is 18.0. The summed E-state index contributed by atoms with van der Waals surface area (Å²) in [7, 11) is 1.51. The molecule has 0 bridgehead atoms. The van der Waals surface area contributed by atoms with Gasteiger partial charge in [-0.25, -0.2) is 0 Å². The highest BCUT2D eigenvalue weighted by Gasteiger charge is 2.35. The summed E-state index contributed by atoms with van der Waals surface area (Å²) >= 11 is 6.51. The normalized spacial score (nSPS) is 15.5. The predicted octanol–water partition coefficient (Wildman–Crippen LogP) is 6.26. The number of nitrogens with zero attached hydrogens (tertiary/aromatic N) is 1. The number of rotatable bonds is 5. The van der Waals surface area contributed by atoms with Crippen LogP contribution in [0, 0.1) is 0 Å². The summed E-state index contributed by atoms with van der Waals surface area (Å²) in [6.45, 7) is 0. The molecular formula is C22H14F3NO4S2. The van der Waals surface area contributed by atoms with Crippen LogP contribution in [-0.2, 0) is 4.79 Å². The third-order valence-corrected chi connectivity index (χ3v) is 5.69. The lowest BCUT2D eigenvalue weighted by Gasteiger charge is -2.17. The number of hydrogen-bond donors (Lipinski definition) is 0. The van der Waals surface area contributed by atoms with E-state index < -0.39 is 6.36 Å². The number of methoxy groups -OCH3 is 1. The zero-order chi connectivity index (χ0) is 22.9. The van der Waals surface area contributed by atoms with Crippen LogP contribution in [0.3, 0.4) is 0 Å². The van der Waals surface area contributed by atoms with Crippen molar-refractivity contribution in [1.82, 2.24) is 0 Å². The van der Waals surface area contributed by atoms with Crippen molar-refractivity contribution in [3.8, 4) is 22.8 Å². The molecule has 4 rings (SSSR count). The van der Waals surface area contributed by atoms with E-state index in [1.807, 2.05) is 0 Å². The highest BCUT2D eigenvalue weighted by atomic mass is 32.2. The van der Waals surface area contributed by atoms with E-state index in [0.29, 0.717) is 37.7 Å². The molecule has 1 aliphatic rings. The maximum Gasteiger partial charge on any atom is 0.573 e. The first-order chi connectivity index (χ1) is 15.2. The number of amides is 1. The molecule has 2 aromatic carbocycles. The fraction of sp³-hybridized carbons (Fsp3) is 0.0909. The van der Waals surface area contributed by atoms with Gasteiger partial charge in [0, 0.05) is 11.6 Å². The number of thioether (sulfide) groups is 1. The zero-order valence-electron chi connectivity index (χ0n) is 16.4. The smallest absolute Gasteiger partial charge is 0.495 e. The molecule has 5 nitrogen and oxygen atoms in total. The maximum atomic E-state index is 13.0. The summed E-state index contributed by atoms with van der Waals surface area (Å²) in [4.78, 5) is 14.7. The molecule has 1 aromatic heterocycles. The number of hydrogen-bond acceptors (Lipinski definition) is 6. The SMILES string of the molecule is COc1ccccc1N1C(=O)/C(=C\c2ccc(-c3ccc(OC(F)(F)F)cc3)o2)SC1=S. The molecule has 1 amide bonds. The minimum Gasteiger partial charge on any atom is -0.495 e. The van der Waals surface area contributed by atoms with Crippen molar-refractivity contribution in [2.75, 3.05) is 12.0 Å². The molecule has 1 aliphatic heterocycles. The van der Waals surface area contributed by atoms with Crippen LogP contribution < -0.4 is 14.4 Å². The Labute approximate surface area is 190 Å². The molecule has 2 heterocycles. The number of anilines is 1. The minimum atomic E-state index is -4.75. The molecule has 0 aliphatic carbocycles. The molecule has 3 aromatic rings. The molecule has 1 saturated heterocycles. The maximum absolute atomic E-state index is 13.0. The van der Waals surface area contributed by atoms with Gasteiger partial charge >= 0.3 is 6.36 Å². The minimum absolute atomic E-state index is 0.309. The topological polar surface area (TPSA) is 51.9 Å². The predicted molar refractivity (Wildman–Crippen MR) is 119 cm³/mol. The quantitative estimate of drug-likeness (QED) is 0.319. The highest BCUT2D eigenvalue weighted by molar-refractivity contribution is 8.27. The second-order valence-electron chi connectivity index (χ2n) is 6.46. The molecule has 164 valence electrons. The van der Waals surface area contributed by atoms with Gasteiger partial charge in [-0.15, -0.1) is 13.2 Å². The van der Waals surface area contributed by atoms with Gasteiger partial charge in [-0.2, -0.15) is 0 Å². The number of halogens is 3. The van der Waals surface area contributed by atoms with Gasteiger partial charge in [0.25, 0.3) is 5.91 Å². The first-order valence-corrected chi connectivity index (χ1v) is 10.3. The Bertz CT molecular complexity index is 1200. The first-order valence-electron chi connectivity index (χ1n) is 9.12. The lowest BCUT2D eigenvalue weighted by atomic mass is 10.2. The summed E-state index contributed by atoms with van der Waals surface area (Å²) in [6.07, 6.45) is -3.19. The van der Waals surface area contributed by atoms with Crippen molar-refractivity contribution in [2.24, 2.45) is 0 Å². The number of alkyl halides is 3. The average molecular weight is 477 g/mol. The summed E-state index contributed by atoms with van der Waals surface area (Å²) in [5, 5.41) is 0. The van der Waals surface area contributed by atoms with E-state index in [1.165, 1.54) is 36.3 Å². The largest absolute Gasteiger partial charge is 0.573 e. The van der Waals surface area contributed by atoms with Crippen LogP contribution in [0.2, 0.25) is 0 Å². The molecule has 0 saturated carbocycles. The van der Waals surface area contributed by atoms with Gasteiger partial charge < -0.3 is 13.9 Å². The number of thiocarbonyl (C=S) groups is 1. The highest BCUT2D eigenvalue weighted by Crippen LogP contribution is 2.40. The summed E-state index contributed by atoms with van der Waals surface area (Å²) < 4.78 is 52.2. The Hall–Kier alpha value is -3.24. The van der Waals surface area contributed by atoms with Crippen LogP contribution >= 0.6 is 24.0 Å². The van der Waals surface area contributed by atoms with Crippen molar-refractivity contribution in [1.29, 1.82) is 0 Å². The summed E-state index contributed by atoms with van der Waals surface area (Å²) in [5.74, 6) is 0.707. The van der Waals surface area contributed by atoms with Gasteiger partial charge in [-0.3, -0.25) is 9.69 Å². The number of carbonyl (C=O) groups excluding carboxylic acids is 1. The molecule has 0 spiro atoms. The molecular weight excluding hydrogens is 463 g/mol. The van der Waals surface area contributed by atoms with Gasteiger partial charge in [0.2, 0.25) is 0 Å². The van der Waals surface area contributed by atoms with Crippen LogP contribution in [0.25, 0.3) is 17.4 Å². The summed E-state index contributed by atoms with van der Waals surface area (Å²) in [5.41, 5.74) is 1.10. The van der Waals surface area contributed by atoms with E-state index in [9.17, 15) is 18.0 Å². The van der Waals surface area contributed by atoms with Crippen molar-refractivity contribution in [3.63, 3.8) is 0 Å². The third kappa shape index (κ3) is 4.66. The van der Waals surface area contributed by atoms with Crippen molar-refractivity contribution in [2.45, 2.75) is 6.36 Å². The standard InChI is InChI=1S/C22H14F3NO4S2/c1-28-18-5-3-2-4-16(18)26-20(27)19(32-21(26)31)12-15-10-11-17(29-15)13-6-8-14(9-7-13)30-22(23,24)25/h2-12H,1H3/b19-12+. The fourth-order valence-electron chi connectivity index (χ4n) is 3.03. The Morgan fingerprint density at radius 3 is 2.47 bits per heavy atom. The van der Waals surface area contributed by atoms with E-state index in [1.54, 1.807) is 42.5 Å². The van der Waals surface area contributed by atoms with Crippen LogP contribution in [-0.4, -0.2) is 23.7 Å². The van der Waals surface area contributed by atoms with E-state index in [-0.39, 0.29) is 11.7 Å². The number of benzene rings is 2. The molecule has 10 heteroatoms. The Kier molecular flexibility index (Phi) is 5.98. The molecule has 1 fully saturated rings. The number of furan rings is 1. The van der Waals surface area contributed by atoms with Gasteiger partial charge in [0.05, 0.1) is 17.7 Å². The van der Waals surface area contributed by atoms with Crippen LogP contribution in [0.15, 0.2) is 70.0 Å². The number of para-hydroxylation sites is 2. The molecule has 0 N–H and O–H groups in total. The van der Waals surface area contributed by atoms with Crippen LogP contribution in [0.5, 0.6) is 11.5 Å². The van der Waals surface area contributed by atoms with E-state index in [0.717, 1.165) is 11.8 Å². The van der Waals surface area contributed by atoms with Crippen molar-refractivity contribution < 1.29 is 31.9 Å². The summed E-state index contributed by atoms with van der Waals surface area (Å²) in [6, 6.07) is 15.7. The van der Waals surface area contributed by atoms with Gasteiger partial charge in [-0.05, 0) is 48.5 Å². The second-order valence-corrected chi connectivity index (χ2v) is 8.14. The van der Waals surface area contributed by atoms with Crippen molar-refractivity contribution in [3.05, 3.63) is 71.3 Å². The Balaban J connectivity index is 1.54. The molecule has 32 heavy (non-hydrogen) atoms. The van der Waals surface area contributed by atoms with Crippen LogP contribution in [0.1, 0.15) is 5.76 Å². The molecule has 0 unspecified atom stereocenters. The average Bonchev–Trinajstić information content (AvgIpc) is 3.32.